The minimum absolute atomic E-state index is 0.112. The fraction of sp³-hybridized carbons (Fsp3) is 0.417. The van der Waals surface area contributed by atoms with Gasteiger partial charge in [0.25, 0.3) is 0 Å². The van der Waals surface area contributed by atoms with E-state index in [1.165, 1.54) is 0 Å². The predicted octanol–water partition coefficient (Wildman–Crippen LogP) is 2.47. The quantitative estimate of drug-likeness (QED) is 0.858. The van der Waals surface area contributed by atoms with Crippen LogP contribution in [0.25, 0.3) is 0 Å². The molecule has 0 radical (unpaired) electrons. The molecule has 1 saturated carbocycles. The molecular weight excluding hydrogens is 224 g/mol. The number of halogens is 1. The first-order valence-corrected chi connectivity index (χ1v) is 5.69. The number of benzene rings is 1. The van der Waals surface area contributed by atoms with Crippen LogP contribution >= 0.6 is 11.6 Å². The lowest BCUT2D eigenvalue weighted by Crippen LogP contribution is -2.19. The summed E-state index contributed by atoms with van der Waals surface area (Å²) < 4.78 is 5.76. The van der Waals surface area contributed by atoms with E-state index < -0.39 is 0 Å². The molecule has 0 amide bonds. The molecule has 16 heavy (non-hydrogen) atoms. The predicted molar refractivity (Wildman–Crippen MR) is 62.4 cm³/mol. The molecule has 1 fully saturated rings. The molecule has 3 nitrogen and oxygen atoms in total. The van der Waals surface area contributed by atoms with Gasteiger partial charge in [0.2, 0.25) is 0 Å². The van der Waals surface area contributed by atoms with Crippen molar-refractivity contribution in [3.63, 3.8) is 0 Å². The molecule has 0 aromatic heterocycles. The molecule has 1 aromatic carbocycles. The van der Waals surface area contributed by atoms with Crippen molar-refractivity contribution in [1.82, 2.24) is 0 Å². The van der Waals surface area contributed by atoms with Gasteiger partial charge < -0.3 is 10.5 Å². The molecule has 1 aliphatic carbocycles. The molecular formula is C12H13ClN2O. The smallest absolute Gasteiger partial charge is 0.139 e. The molecule has 0 spiro atoms. The Morgan fingerprint density at radius 1 is 1.44 bits per heavy atom. The molecule has 2 unspecified atom stereocenters. The third kappa shape index (κ3) is 2.29. The van der Waals surface area contributed by atoms with Crippen molar-refractivity contribution >= 4 is 11.6 Å². The third-order valence-electron chi connectivity index (χ3n) is 2.81. The Hall–Kier alpha value is -1.24. The lowest BCUT2D eigenvalue weighted by atomic mass is 10.2. The molecule has 4 heteroatoms. The van der Waals surface area contributed by atoms with E-state index in [-0.39, 0.29) is 12.1 Å². The van der Waals surface area contributed by atoms with Crippen molar-refractivity contribution in [2.75, 3.05) is 0 Å². The van der Waals surface area contributed by atoms with E-state index in [0.717, 1.165) is 19.3 Å². The molecule has 1 aliphatic rings. The SMILES string of the molecule is N#Cc1c(Cl)cccc1OC1CCC(N)C1. The molecule has 1 aromatic rings. The maximum absolute atomic E-state index is 8.99. The fourth-order valence-electron chi connectivity index (χ4n) is 1.97. The monoisotopic (exact) mass is 236 g/mol. The number of rotatable bonds is 2. The number of nitrogens with two attached hydrogens (primary N) is 1. The standard InChI is InChI=1S/C12H13ClN2O/c13-11-2-1-3-12(10(11)7-14)16-9-5-4-8(15)6-9/h1-3,8-9H,4-6,15H2. The van der Waals surface area contributed by atoms with Crippen molar-refractivity contribution < 1.29 is 4.74 Å². The average molecular weight is 237 g/mol. The zero-order valence-corrected chi connectivity index (χ0v) is 9.57. The average Bonchev–Trinajstić information content (AvgIpc) is 2.64. The summed E-state index contributed by atoms with van der Waals surface area (Å²) in [5.74, 6) is 0.564. The summed E-state index contributed by atoms with van der Waals surface area (Å²) >= 11 is 5.92. The number of hydrogen-bond donors (Lipinski definition) is 1. The summed E-state index contributed by atoms with van der Waals surface area (Å²) in [6, 6.07) is 7.52. The summed E-state index contributed by atoms with van der Waals surface area (Å²) in [5.41, 5.74) is 6.22. The van der Waals surface area contributed by atoms with Crippen LogP contribution in [0.1, 0.15) is 24.8 Å². The van der Waals surface area contributed by atoms with E-state index in [1.54, 1.807) is 18.2 Å². The van der Waals surface area contributed by atoms with E-state index >= 15 is 0 Å². The second kappa shape index (κ2) is 4.73. The Kier molecular flexibility index (Phi) is 3.33. The zero-order chi connectivity index (χ0) is 11.5. The minimum atomic E-state index is 0.112. The molecule has 0 heterocycles. The highest BCUT2D eigenvalue weighted by Gasteiger charge is 2.24. The van der Waals surface area contributed by atoms with E-state index in [4.69, 9.17) is 27.3 Å². The van der Waals surface area contributed by atoms with Gasteiger partial charge in [-0.1, -0.05) is 17.7 Å². The minimum Gasteiger partial charge on any atom is -0.489 e. The van der Waals surface area contributed by atoms with Gasteiger partial charge in [0, 0.05) is 6.04 Å². The van der Waals surface area contributed by atoms with Crippen LogP contribution in [-0.4, -0.2) is 12.1 Å². The summed E-state index contributed by atoms with van der Waals surface area (Å²) in [4.78, 5) is 0. The summed E-state index contributed by atoms with van der Waals surface area (Å²) in [5, 5.41) is 9.42. The van der Waals surface area contributed by atoms with Gasteiger partial charge in [0.1, 0.15) is 23.5 Å². The Balaban J connectivity index is 2.16. The van der Waals surface area contributed by atoms with Gasteiger partial charge in [-0.05, 0) is 31.4 Å². The highest BCUT2D eigenvalue weighted by Crippen LogP contribution is 2.29. The van der Waals surface area contributed by atoms with Gasteiger partial charge in [0.15, 0.2) is 0 Å². The number of ether oxygens (including phenoxy) is 1. The number of hydrogen-bond acceptors (Lipinski definition) is 3. The summed E-state index contributed by atoms with van der Waals surface area (Å²) in [6.45, 7) is 0. The van der Waals surface area contributed by atoms with Gasteiger partial charge in [0.05, 0.1) is 5.02 Å². The highest BCUT2D eigenvalue weighted by molar-refractivity contribution is 6.31. The molecule has 2 N–H and O–H groups in total. The molecule has 0 aliphatic heterocycles. The van der Waals surface area contributed by atoms with E-state index in [0.29, 0.717) is 16.3 Å². The molecule has 0 saturated heterocycles. The van der Waals surface area contributed by atoms with Crippen molar-refractivity contribution in [3.8, 4) is 11.8 Å². The first-order chi connectivity index (χ1) is 7.70. The first kappa shape index (κ1) is 11.3. The van der Waals surface area contributed by atoms with Gasteiger partial charge in [-0.3, -0.25) is 0 Å². The maximum atomic E-state index is 8.99. The van der Waals surface area contributed by atoms with E-state index in [1.807, 2.05) is 0 Å². The van der Waals surface area contributed by atoms with Crippen LogP contribution in [0.3, 0.4) is 0 Å². The topological polar surface area (TPSA) is 59.0 Å². The van der Waals surface area contributed by atoms with Crippen molar-refractivity contribution in [1.29, 1.82) is 5.26 Å². The Morgan fingerprint density at radius 3 is 2.88 bits per heavy atom. The molecule has 84 valence electrons. The van der Waals surface area contributed by atoms with Gasteiger partial charge in [-0.15, -0.1) is 0 Å². The maximum Gasteiger partial charge on any atom is 0.139 e. The van der Waals surface area contributed by atoms with Crippen molar-refractivity contribution in [3.05, 3.63) is 28.8 Å². The highest BCUT2D eigenvalue weighted by atomic mass is 35.5. The van der Waals surface area contributed by atoms with Gasteiger partial charge in [-0.25, -0.2) is 0 Å². The summed E-state index contributed by atoms with van der Waals surface area (Å²) in [6.07, 6.45) is 2.88. The fourth-order valence-corrected chi connectivity index (χ4v) is 2.18. The van der Waals surface area contributed by atoms with Gasteiger partial charge in [-0.2, -0.15) is 5.26 Å². The van der Waals surface area contributed by atoms with E-state index in [2.05, 4.69) is 6.07 Å². The first-order valence-electron chi connectivity index (χ1n) is 5.31. The van der Waals surface area contributed by atoms with Crippen LogP contribution in [0.5, 0.6) is 5.75 Å². The van der Waals surface area contributed by atoms with Gasteiger partial charge >= 0.3 is 0 Å². The van der Waals surface area contributed by atoms with Crippen LogP contribution < -0.4 is 10.5 Å². The van der Waals surface area contributed by atoms with Crippen LogP contribution in [0.4, 0.5) is 0 Å². The van der Waals surface area contributed by atoms with Crippen LogP contribution in [0.15, 0.2) is 18.2 Å². The lowest BCUT2D eigenvalue weighted by molar-refractivity contribution is 0.207. The van der Waals surface area contributed by atoms with E-state index in [9.17, 15) is 0 Å². The Morgan fingerprint density at radius 2 is 2.25 bits per heavy atom. The van der Waals surface area contributed by atoms with Crippen LogP contribution in [-0.2, 0) is 0 Å². The Bertz CT molecular complexity index is 428. The van der Waals surface area contributed by atoms with Crippen LogP contribution in [0.2, 0.25) is 5.02 Å². The second-order valence-corrected chi connectivity index (χ2v) is 4.44. The third-order valence-corrected chi connectivity index (χ3v) is 3.12. The number of nitrogens with zero attached hydrogens (tertiary/aromatic N) is 1. The second-order valence-electron chi connectivity index (χ2n) is 4.04. The van der Waals surface area contributed by atoms with Crippen molar-refractivity contribution in [2.24, 2.45) is 5.73 Å². The normalized spacial score (nSPS) is 24.1. The number of nitriles is 1. The molecule has 2 atom stereocenters. The van der Waals surface area contributed by atoms with Crippen LogP contribution in [0, 0.1) is 11.3 Å². The molecule has 0 bridgehead atoms. The largest absolute Gasteiger partial charge is 0.489 e. The molecule has 2 rings (SSSR count). The van der Waals surface area contributed by atoms with Crippen molar-refractivity contribution in [2.45, 2.75) is 31.4 Å². The zero-order valence-electron chi connectivity index (χ0n) is 8.82. The summed E-state index contributed by atoms with van der Waals surface area (Å²) in [7, 11) is 0. The lowest BCUT2D eigenvalue weighted by Gasteiger charge is -2.14. The Labute approximate surface area is 99.8 Å².